The topological polar surface area (TPSA) is 23.8 Å². The van der Waals surface area contributed by atoms with Gasteiger partial charge in [0.05, 0.1) is 0 Å². The number of rotatable bonds is 3. The van der Waals surface area contributed by atoms with Crippen molar-refractivity contribution in [1.82, 2.24) is 0 Å². The van der Waals surface area contributed by atoms with Gasteiger partial charge in [-0.2, -0.15) is 5.26 Å². The van der Waals surface area contributed by atoms with Crippen LogP contribution in [0.15, 0.2) is 24.3 Å². The maximum absolute atomic E-state index is 8.47. The van der Waals surface area contributed by atoms with E-state index in [1.807, 2.05) is 36.6 Å². The summed E-state index contributed by atoms with van der Waals surface area (Å²) in [6.07, 6.45) is 0.467. The number of hydrogen-bond donors (Lipinski definition) is 0. The maximum atomic E-state index is 8.47. The molecule has 0 atom stereocenters. The minimum Gasteiger partial charge on any atom is -0.185 e. The molecular weight excluding hydrogens is 237 g/mol. The van der Waals surface area contributed by atoms with E-state index in [-0.39, 0.29) is 0 Å². The second-order valence-corrected chi connectivity index (χ2v) is 6.01. The predicted octanol–water partition coefficient (Wildman–Crippen LogP) is 3.88. The molecule has 0 saturated heterocycles. The van der Waals surface area contributed by atoms with Crippen LogP contribution < -0.4 is 0 Å². The minimum atomic E-state index is -1.05. The molecule has 1 aromatic carbocycles. The molecule has 1 nitrogen and oxygen atoms in total. The second kappa shape index (κ2) is 4.93. The van der Waals surface area contributed by atoms with E-state index < -0.39 is 3.67 Å². The summed E-state index contributed by atoms with van der Waals surface area (Å²) in [4.78, 5) is 0. The van der Waals surface area contributed by atoms with Crippen LogP contribution in [-0.2, 0) is 6.42 Å². The maximum Gasteiger partial charge on any atom is 0.180 e. The second-order valence-electron chi connectivity index (χ2n) is 2.99. The van der Waals surface area contributed by atoms with Gasteiger partial charge in [-0.1, -0.05) is 53.0 Å². The van der Waals surface area contributed by atoms with Crippen LogP contribution in [0, 0.1) is 17.6 Å². The first kappa shape index (κ1) is 11.7. The summed E-state index contributed by atoms with van der Waals surface area (Å²) < 4.78 is -1.05. The van der Waals surface area contributed by atoms with Gasteiger partial charge in [0, 0.05) is 6.42 Å². The molecular formula is C10H9Cl2NS. The van der Waals surface area contributed by atoms with Crippen LogP contribution in [0.4, 0.5) is 0 Å². The highest BCUT2D eigenvalue weighted by Crippen LogP contribution is 2.37. The van der Waals surface area contributed by atoms with E-state index in [2.05, 4.69) is 0 Å². The molecule has 0 aromatic heterocycles. The van der Waals surface area contributed by atoms with Crippen molar-refractivity contribution in [2.75, 3.05) is 0 Å². The molecule has 0 unspecified atom stereocenters. The van der Waals surface area contributed by atoms with Gasteiger partial charge in [0.2, 0.25) is 0 Å². The lowest BCUT2D eigenvalue weighted by atomic mass is 10.1. The number of nitrogens with zero attached hydrogens (tertiary/aromatic N) is 1. The van der Waals surface area contributed by atoms with Gasteiger partial charge in [-0.15, -0.1) is 0 Å². The highest BCUT2D eigenvalue weighted by atomic mass is 35.5. The lowest BCUT2D eigenvalue weighted by molar-refractivity contribution is 1.03. The van der Waals surface area contributed by atoms with Crippen LogP contribution in [0.5, 0.6) is 0 Å². The molecule has 1 rings (SSSR count). The van der Waals surface area contributed by atoms with E-state index in [9.17, 15) is 0 Å². The third-order valence-electron chi connectivity index (χ3n) is 1.73. The standard InChI is InChI=1S/C10H9Cl2NS/c1-8-2-4-9(5-3-8)6-10(11,12)14-7-13/h2-5H,6H2,1H3. The Morgan fingerprint density at radius 1 is 1.36 bits per heavy atom. The first-order chi connectivity index (χ1) is 6.53. The Bertz CT molecular complexity index is 340. The van der Waals surface area contributed by atoms with Crippen LogP contribution in [-0.4, -0.2) is 3.67 Å². The van der Waals surface area contributed by atoms with Crippen LogP contribution in [0.2, 0.25) is 0 Å². The Morgan fingerprint density at radius 3 is 2.43 bits per heavy atom. The number of thioether (sulfide) groups is 1. The Labute approximate surface area is 98.0 Å². The minimum absolute atomic E-state index is 0.467. The smallest absolute Gasteiger partial charge is 0.180 e. The third kappa shape index (κ3) is 3.79. The van der Waals surface area contributed by atoms with E-state index in [1.165, 1.54) is 5.56 Å². The van der Waals surface area contributed by atoms with Gasteiger partial charge < -0.3 is 0 Å². The Morgan fingerprint density at radius 2 is 1.93 bits per heavy atom. The highest BCUT2D eigenvalue weighted by Gasteiger charge is 2.25. The molecule has 1 aromatic rings. The quantitative estimate of drug-likeness (QED) is 0.596. The summed E-state index contributed by atoms with van der Waals surface area (Å²) in [5.74, 6) is 0. The van der Waals surface area contributed by atoms with Crippen molar-refractivity contribution in [3.05, 3.63) is 35.4 Å². The molecule has 0 bridgehead atoms. The monoisotopic (exact) mass is 245 g/mol. The van der Waals surface area contributed by atoms with Crippen molar-refractivity contribution in [2.45, 2.75) is 17.0 Å². The molecule has 0 spiro atoms. The molecule has 0 aliphatic heterocycles. The Balaban J connectivity index is 2.69. The largest absolute Gasteiger partial charge is 0.185 e. The molecule has 4 heteroatoms. The molecule has 0 saturated carbocycles. The third-order valence-corrected chi connectivity index (χ3v) is 2.99. The van der Waals surface area contributed by atoms with Crippen molar-refractivity contribution >= 4 is 35.0 Å². The number of benzene rings is 1. The van der Waals surface area contributed by atoms with Crippen LogP contribution in [0.3, 0.4) is 0 Å². The van der Waals surface area contributed by atoms with Crippen molar-refractivity contribution in [1.29, 1.82) is 5.26 Å². The lowest BCUT2D eigenvalue weighted by Crippen LogP contribution is -2.10. The number of hydrogen-bond acceptors (Lipinski definition) is 2. The van der Waals surface area contributed by atoms with Crippen molar-refractivity contribution in [3.8, 4) is 5.40 Å². The van der Waals surface area contributed by atoms with Crippen LogP contribution in [0.25, 0.3) is 0 Å². The zero-order chi connectivity index (χ0) is 10.6. The number of aryl methyl sites for hydroxylation is 1. The van der Waals surface area contributed by atoms with Gasteiger partial charge in [0.25, 0.3) is 0 Å². The molecule has 74 valence electrons. The molecule has 0 amide bonds. The summed E-state index contributed by atoms with van der Waals surface area (Å²) in [7, 11) is 0. The first-order valence-corrected chi connectivity index (χ1v) is 5.61. The molecule has 0 N–H and O–H groups in total. The molecule has 0 radical (unpaired) electrons. The predicted molar refractivity (Wildman–Crippen MR) is 62.5 cm³/mol. The molecule has 14 heavy (non-hydrogen) atoms. The summed E-state index contributed by atoms with van der Waals surface area (Å²) in [6.45, 7) is 2.02. The number of halogens is 2. The van der Waals surface area contributed by atoms with Crippen molar-refractivity contribution in [3.63, 3.8) is 0 Å². The molecule has 0 aliphatic carbocycles. The highest BCUT2D eigenvalue weighted by molar-refractivity contribution is 8.07. The van der Waals surface area contributed by atoms with E-state index in [0.717, 1.165) is 17.3 Å². The van der Waals surface area contributed by atoms with Gasteiger partial charge >= 0.3 is 0 Å². The normalized spacial score (nSPS) is 11.0. The fourth-order valence-corrected chi connectivity index (χ4v) is 1.93. The van der Waals surface area contributed by atoms with E-state index in [4.69, 9.17) is 28.5 Å². The van der Waals surface area contributed by atoms with Crippen LogP contribution in [0.1, 0.15) is 11.1 Å². The first-order valence-electron chi connectivity index (χ1n) is 4.04. The van der Waals surface area contributed by atoms with Gasteiger partial charge in [-0.05, 0) is 24.2 Å². The average molecular weight is 246 g/mol. The van der Waals surface area contributed by atoms with E-state index >= 15 is 0 Å². The summed E-state index contributed by atoms with van der Waals surface area (Å²) in [6, 6.07) is 7.92. The fraction of sp³-hybridized carbons (Fsp3) is 0.300. The number of alkyl halides is 2. The van der Waals surface area contributed by atoms with Crippen molar-refractivity contribution < 1.29 is 0 Å². The van der Waals surface area contributed by atoms with Gasteiger partial charge in [0.15, 0.2) is 3.67 Å². The van der Waals surface area contributed by atoms with Gasteiger partial charge in [-0.25, -0.2) is 0 Å². The van der Waals surface area contributed by atoms with Gasteiger partial charge in [0.1, 0.15) is 5.40 Å². The Hall–Kier alpha value is -0.360. The average Bonchev–Trinajstić information content (AvgIpc) is 2.08. The fourth-order valence-electron chi connectivity index (χ4n) is 1.05. The molecule has 0 aliphatic rings. The zero-order valence-corrected chi connectivity index (χ0v) is 9.96. The molecule has 0 fully saturated rings. The number of nitriles is 1. The van der Waals surface area contributed by atoms with Gasteiger partial charge in [-0.3, -0.25) is 0 Å². The van der Waals surface area contributed by atoms with E-state index in [1.54, 1.807) is 0 Å². The van der Waals surface area contributed by atoms with Crippen molar-refractivity contribution in [2.24, 2.45) is 0 Å². The summed E-state index contributed by atoms with van der Waals surface area (Å²) in [5, 5.41) is 10.4. The zero-order valence-electron chi connectivity index (χ0n) is 7.63. The lowest BCUT2D eigenvalue weighted by Gasteiger charge is -2.14. The number of thiocyanates is 1. The summed E-state index contributed by atoms with van der Waals surface area (Å²) >= 11 is 12.7. The molecule has 0 heterocycles. The van der Waals surface area contributed by atoms with Crippen LogP contribution >= 0.6 is 35.0 Å². The summed E-state index contributed by atoms with van der Waals surface area (Å²) in [5.41, 5.74) is 2.22. The van der Waals surface area contributed by atoms with E-state index in [0.29, 0.717) is 6.42 Å². The SMILES string of the molecule is Cc1ccc(CC(Cl)(Cl)SC#N)cc1. The Kier molecular flexibility index (Phi) is 4.12.